The molecule has 3 aromatic rings. The number of imide groups is 2. The van der Waals surface area contributed by atoms with Crippen LogP contribution in [0.2, 0.25) is 0 Å². The van der Waals surface area contributed by atoms with Crippen molar-refractivity contribution in [2.75, 3.05) is 26.2 Å². The van der Waals surface area contributed by atoms with Gasteiger partial charge in [-0.05, 0) is 79.7 Å². The van der Waals surface area contributed by atoms with Crippen LogP contribution in [0.4, 0.5) is 0 Å². The summed E-state index contributed by atoms with van der Waals surface area (Å²) in [5.41, 5.74) is 5.12. The van der Waals surface area contributed by atoms with Crippen LogP contribution >= 0.6 is 0 Å². The molecule has 9 nitrogen and oxygen atoms in total. The van der Waals surface area contributed by atoms with Gasteiger partial charge in [-0.25, -0.2) is 0 Å². The fourth-order valence-corrected chi connectivity index (χ4v) is 11.0. The minimum atomic E-state index is -0.569. The number of phenolic OH excluding ortho intramolecular Hbond substituents is 1. The number of piperidine rings is 2. The van der Waals surface area contributed by atoms with E-state index in [2.05, 4.69) is 64.4 Å². The van der Waals surface area contributed by atoms with Crippen LogP contribution in [-0.4, -0.2) is 86.6 Å². The topological polar surface area (TPSA) is 101 Å². The molecule has 0 spiro atoms. The SMILES string of the molecule is Cc1cc([C@H]2C3=CC[C@@H]4C(=O)N(C5CCN(Cc6ccccc6)CC5)C(=O)[C@@H]4[C@@H]3C[C@H]3C(=O)N(C4CCN(Cc5ccccc5)CC4)C(=O)[C@@H]23)ccc1O. The molecule has 54 heavy (non-hydrogen) atoms. The van der Waals surface area contributed by atoms with Gasteiger partial charge in [-0.3, -0.25) is 38.8 Å². The molecule has 1 saturated carbocycles. The molecule has 9 rings (SSSR count). The first-order valence-electron chi connectivity index (χ1n) is 20.0. The van der Waals surface area contributed by atoms with Gasteiger partial charge in [0.2, 0.25) is 23.6 Å². The summed E-state index contributed by atoms with van der Waals surface area (Å²) in [5.74, 6) is -3.00. The lowest BCUT2D eigenvalue weighted by Gasteiger charge is -2.44. The normalized spacial score (nSPS) is 29.7. The van der Waals surface area contributed by atoms with Gasteiger partial charge in [0.15, 0.2) is 0 Å². The molecule has 6 aliphatic rings. The van der Waals surface area contributed by atoms with Crippen molar-refractivity contribution in [3.63, 3.8) is 0 Å². The molecule has 280 valence electrons. The summed E-state index contributed by atoms with van der Waals surface area (Å²) >= 11 is 0. The van der Waals surface area contributed by atoms with E-state index in [4.69, 9.17) is 0 Å². The molecular weight excluding hydrogens is 677 g/mol. The van der Waals surface area contributed by atoms with E-state index in [9.17, 15) is 24.3 Å². The average molecular weight is 727 g/mol. The number of hydrogen-bond acceptors (Lipinski definition) is 7. The number of allylic oxidation sites excluding steroid dienone is 2. The lowest BCUT2D eigenvalue weighted by molar-refractivity contribution is -0.146. The minimum absolute atomic E-state index is 0.0707. The number of rotatable bonds is 7. The fourth-order valence-electron chi connectivity index (χ4n) is 11.0. The lowest BCUT2D eigenvalue weighted by atomic mass is 9.57. The summed E-state index contributed by atoms with van der Waals surface area (Å²) in [6, 6.07) is 26.0. The van der Waals surface area contributed by atoms with Crippen molar-refractivity contribution in [3.8, 4) is 5.75 Å². The van der Waals surface area contributed by atoms with Crippen LogP contribution in [0, 0.1) is 36.5 Å². The number of fused-ring (bicyclic) bond motifs is 4. The highest BCUT2D eigenvalue weighted by molar-refractivity contribution is 6.08. The van der Waals surface area contributed by atoms with Crippen molar-refractivity contribution in [1.29, 1.82) is 0 Å². The molecule has 9 heteroatoms. The first-order chi connectivity index (χ1) is 26.3. The highest BCUT2D eigenvalue weighted by Gasteiger charge is 2.63. The zero-order chi connectivity index (χ0) is 37.1. The Labute approximate surface area is 317 Å². The summed E-state index contributed by atoms with van der Waals surface area (Å²) in [6.45, 7) is 6.81. The van der Waals surface area contributed by atoms with Crippen LogP contribution in [0.25, 0.3) is 0 Å². The van der Waals surface area contributed by atoms with E-state index in [0.717, 1.165) is 76.1 Å². The number of aromatic hydroxyl groups is 1. The number of likely N-dealkylation sites (tertiary alicyclic amines) is 4. The van der Waals surface area contributed by atoms with Crippen molar-refractivity contribution < 1.29 is 24.3 Å². The van der Waals surface area contributed by atoms with Crippen LogP contribution in [0.5, 0.6) is 5.75 Å². The second-order valence-electron chi connectivity index (χ2n) is 16.6. The minimum Gasteiger partial charge on any atom is -0.508 e. The Morgan fingerprint density at radius 1 is 0.611 bits per heavy atom. The van der Waals surface area contributed by atoms with Gasteiger partial charge in [0.05, 0.1) is 23.7 Å². The first kappa shape index (κ1) is 35.1. The van der Waals surface area contributed by atoms with E-state index in [1.807, 2.05) is 31.2 Å². The van der Waals surface area contributed by atoms with Crippen LogP contribution in [0.3, 0.4) is 0 Å². The summed E-state index contributed by atoms with van der Waals surface area (Å²) in [6.07, 6.45) is 5.96. The summed E-state index contributed by atoms with van der Waals surface area (Å²) in [4.78, 5) is 66.0. The third kappa shape index (κ3) is 6.09. The van der Waals surface area contributed by atoms with Gasteiger partial charge >= 0.3 is 0 Å². The molecule has 0 radical (unpaired) electrons. The van der Waals surface area contributed by atoms with Crippen LogP contribution in [0.15, 0.2) is 90.5 Å². The van der Waals surface area contributed by atoms with Crippen molar-refractivity contribution in [2.45, 2.75) is 76.5 Å². The number of phenols is 1. The van der Waals surface area contributed by atoms with E-state index in [-0.39, 0.29) is 47.4 Å². The van der Waals surface area contributed by atoms with Gasteiger partial charge in [0.1, 0.15) is 5.75 Å². The van der Waals surface area contributed by atoms with E-state index < -0.39 is 29.6 Å². The molecular formula is C45H50N4O5. The third-order valence-corrected chi connectivity index (χ3v) is 13.6. The summed E-state index contributed by atoms with van der Waals surface area (Å²) in [7, 11) is 0. The Balaban J connectivity index is 0.964. The Bertz CT molecular complexity index is 1970. The molecule has 4 saturated heterocycles. The highest BCUT2D eigenvalue weighted by atomic mass is 16.3. The molecule has 4 amide bonds. The Morgan fingerprint density at radius 2 is 1.13 bits per heavy atom. The Morgan fingerprint density at radius 3 is 1.67 bits per heavy atom. The maximum atomic E-state index is 14.7. The standard InChI is InChI=1S/C45H50N4O5/c1-28-24-31(12-15-38(28)50)39-34-13-14-35-40(44(53)48(42(35)51)32-16-20-46(21-17-32)26-29-8-4-2-5-9-29)36(34)25-37-41(39)45(54)49(43(37)52)33-18-22-47(23-19-33)27-30-10-6-3-7-11-30/h2-13,15,24,32-33,35-37,39-41,50H,14,16-23,25-27H2,1H3/t35-,36+,37+,39-,40-,41+/m0/s1. The zero-order valence-corrected chi connectivity index (χ0v) is 31.1. The van der Waals surface area contributed by atoms with E-state index in [1.165, 1.54) is 11.1 Å². The predicted octanol–water partition coefficient (Wildman–Crippen LogP) is 5.67. The number of benzene rings is 3. The lowest BCUT2D eigenvalue weighted by Crippen LogP contribution is -2.48. The number of amides is 4. The van der Waals surface area contributed by atoms with Gasteiger partial charge in [-0.2, -0.15) is 0 Å². The van der Waals surface area contributed by atoms with E-state index in [1.54, 1.807) is 15.9 Å². The summed E-state index contributed by atoms with van der Waals surface area (Å²) < 4.78 is 0. The maximum absolute atomic E-state index is 14.7. The van der Waals surface area contributed by atoms with Crippen LogP contribution in [0.1, 0.15) is 66.7 Å². The molecule has 4 aliphatic heterocycles. The molecule has 0 bridgehead atoms. The van der Waals surface area contributed by atoms with Crippen LogP contribution < -0.4 is 0 Å². The monoisotopic (exact) mass is 726 g/mol. The number of nitrogens with zero attached hydrogens (tertiary/aromatic N) is 4. The largest absolute Gasteiger partial charge is 0.508 e. The number of carbonyl (C=O) groups excluding carboxylic acids is 4. The van der Waals surface area contributed by atoms with Crippen LogP contribution in [-0.2, 0) is 32.3 Å². The molecule has 0 aromatic heterocycles. The second-order valence-corrected chi connectivity index (χ2v) is 16.6. The van der Waals surface area contributed by atoms with Gasteiger partial charge in [0, 0.05) is 57.3 Å². The summed E-state index contributed by atoms with van der Waals surface area (Å²) in [5, 5.41) is 10.5. The Kier molecular flexibility index (Phi) is 9.26. The first-order valence-corrected chi connectivity index (χ1v) is 20.0. The molecule has 0 unspecified atom stereocenters. The van der Waals surface area contributed by atoms with Crippen molar-refractivity contribution >= 4 is 23.6 Å². The maximum Gasteiger partial charge on any atom is 0.234 e. The van der Waals surface area contributed by atoms with Crippen molar-refractivity contribution in [1.82, 2.24) is 19.6 Å². The molecule has 1 N–H and O–H groups in total. The molecule has 6 atom stereocenters. The smallest absolute Gasteiger partial charge is 0.234 e. The molecule has 2 aliphatic carbocycles. The average Bonchev–Trinajstić information content (AvgIpc) is 3.60. The quantitative estimate of drug-likeness (QED) is 0.248. The third-order valence-electron chi connectivity index (χ3n) is 13.6. The number of hydrogen-bond donors (Lipinski definition) is 1. The van der Waals surface area contributed by atoms with Gasteiger partial charge in [-0.1, -0.05) is 84.4 Å². The van der Waals surface area contributed by atoms with E-state index in [0.29, 0.717) is 18.4 Å². The molecule has 3 aromatic carbocycles. The zero-order valence-electron chi connectivity index (χ0n) is 31.1. The predicted molar refractivity (Wildman–Crippen MR) is 204 cm³/mol. The fraction of sp³-hybridized carbons (Fsp3) is 0.467. The van der Waals surface area contributed by atoms with E-state index >= 15 is 0 Å². The highest BCUT2D eigenvalue weighted by Crippen LogP contribution is 2.58. The van der Waals surface area contributed by atoms with Crippen molar-refractivity contribution in [2.24, 2.45) is 29.6 Å². The van der Waals surface area contributed by atoms with Crippen molar-refractivity contribution in [3.05, 3.63) is 113 Å². The van der Waals surface area contributed by atoms with Gasteiger partial charge in [0.25, 0.3) is 0 Å². The second kappa shape index (κ2) is 14.2. The Hall–Kier alpha value is -4.60. The molecule has 5 fully saturated rings. The van der Waals surface area contributed by atoms with Gasteiger partial charge in [-0.15, -0.1) is 0 Å². The van der Waals surface area contributed by atoms with Gasteiger partial charge < -0.3 is 5.11 Å². The number of aryl methyl sites for hydroxylation is 1. The number of carbonyl (C=O) groups is 4. The molecule has 4 heterocycles.